The predicted octanol–water partition coefficient (Wildman–Crippen LogP) is 5.21. The van der Waals surface area contributed by atoms with Crippen molar-refractivity contribution in [1.82, 2.24) is 4.98 Å². The summed E-state index contributed by atoms with van der Waals surface area (Å²) in [4.78, 5) is 4.27. The van der Waals surface area contributed by atoms with Crippen LogP contribution in [-0.4, -0.2) is 12.1 Å². The summed E-state index contributed by atoms with van der Waals surface area (Å²) in [7, 11) is 1.54. The molecule has 0 fully saturated rings. The quantitative estimate of drug-likeness (QED) is 0.664. The number of hydrogen-bond donors (Lipinski definition) is 1. The van der Waals surface area contributed by atoms with Crippen molar-refractivity contribution in [2.24, 2.45) is 0 Å². The van der Waals surface area contributed by atoms with Crippen LogP contribution in [0.3, 0.4) is 0 Å². The van der Waals surface area contributed by atoms with Crippen molar-refractivity contribution in [2.45, 2.75) is 6.18 Å². The van der Waals surface area contributed by atoms with Gasteiger partial charge in [-0.3, -0.25) is 0 Å². The average Bonchev–Trinajstić information content (AvgIpc) is 2.89. The third-order valence-electron chi connectivity index (χ3n) is 3.12. The second-order valence-electron chi connectivity index (χ2n) is 4.67. The summed E-state index contributed by atoms with van der Waals surface area (Å²) in [5, 5.41) is 3.18. The lowest BCUT2D eigenvalue weighted by atomic mass is 10.2. The maximum Gasteiger partial charge on any atom is 0.419 e. The number of ether oxygens (including phenoxy) is 1. The molecule has 120 valence electrons. The first-order chi connectivity index (χ1) is 10.9. The minimum Gasteiger partial charge on any atom is -0.497 e. The van der Waals surface area contributed by atoms with Gasteiger partial charge in [-0.15, -0.1) is 0 Å². The molecule has 0 bridgehead atoms. The Balaban J connectivity index is 1.93. The van der Waals surface area contributed by atoms with Crippen molar-refractivity contribution in [3.8, 4) is 5.75 Å². The van der Waals surface area contributed by atoms with Gasteiger partial charge in [0.15, 0.2) is 5.13 Å². The Labute approximate surface area is 132 Å². The van der Waals surface area contributed by atoms with Crippen LogP contribution in [0, 0.1) is 5.82 Å². The minimum atomic E-state index is -4.75. The third kappa shape index (κ3) is 3.21. The number of alkyl halides is 3. The van der Waals surface area contributed by atoms with Gasteiger partial charge in [0, 0.05) is 5.69 Å². The number of aromatic nitrogens is 1. The van der Waals surface area contributed by atoms with Crippen LogP contribution in [0.2, 0.25) is 0 Å². The van der Waals surface area contributed by atoms with Crippen LogP contribution < -0.4 is 10.1 Å². The van der Waals surface area contributed by atoms with Gasteiger partial charge in [-0.25, -0.2) is 9.37 Å². The highest BCUT2D eigenvalue weighted by Crippen LogP contribution is 2.35. The zero-order chi connectivity index (χ0) is 16.6. The van der Waals surface area contributed by atoms with E-state index in [0.717, 1.165) is 16.8 Å². The molecule has 0 aliphatic carbocycles. The molecule has 8 heteroatoms. The standard InChI is InChI=1S/C15H10F4N2OS/c1-22-9-3-5-12-13(7-9)23-14(21-12)20-8-2-4-11(16)10(6-8)15(17,18)19/h2-7H,1H3,(H,20,21). The molecule has 3 rings (SSSR count). The van der Waals surface area contributed by atoms with Crippen molar-refractivity contribution in [3.63, 3.8) is 0 Å². The second-order valence-corrected chi connectivity index (χ2v) is 5.70. The summed E-state index contributed by atoms with van der Waals surface area (Å²) >= 11 is 1.26. The summed E-state index contributed by atoms with van der Waals surface area (Å²) in [6.07, 6.45) is -4.75. The molecule has 0 spiro atoms. The van der Waals surface area contributed by atoms with Crippen LogP contribution in [0.1, 0.15) is 5.56 Å². The Kier molecular flexibility index (Phi) is 3.85. The van der Waals surface area contributed by atoms with Gasteiger partial charge in [-0.05, 0) is 36.4 Å². The topological polar surface area (TPSA) is 34.1 Å². The molecule has 2 aromatic carbocycles. The Bertz CT molecular complexity index is 860. The van der Waals surface area contributed by atoms with Crippen molar-refractivity contribution in [2.75, 3.05) is 12.4 Å². The third-order valence-corrected chi connectivity index (χ3v) is 4.05. The molecule has 0 atom stereocenters. The molecule has 0 aliphatic heterocycles. The molecule has 1 N–H and O–H groups in total. The Hall–Kier alpha value is -2.35. The lowest BCUT2D eigenvalue weighted by Gasteiger charge is -2.10. The van der Waals surface area contributed by atoms with Gasteiger partial charge in [0.05, 0.1) is 22.9 Å². The summed E-state index contributed by atoms with van der Waals surface area (Å²) in [6, 6.07) is 8.01. The lowest BCUT2D eigenvalue weighted by molar-refractivity contribution is -0.139. The van der Waals surface area contributed by atoms with Crippen LogP contribution in [0.15, 0.2) is 36.4 Å². The van der Waals surface area contributed by atoms with E-state index in [1.165, 1.54) is 17.4 Å². The zero-order valence-electron chi connectivity index (χ0n) is 11.7. The molecule has 0 radical (unpaired) electrons. The Morgan fingerprint density at radius 3 is 2.61 bits per heavy atom. The summed E-state index contributed by atoms with van der Waals surface area (Å²) in [6.45, 7) is 0. The van der Waals surface area contributed by atoms with Crippen LogP contribution in [0.5, 0.6) is 5.75 Å². The van der Waals surface area contributed by atoms with Gasteiger partial charge in [0.25, 0.3) is 0 Å². The van der Waals surface area contributed by atoms with E-state index in [0.29, 0.717) is 16.4 Å². The molecule has 0 unspecified atom stereocenters. The van der Waals surface area contributed by atoms with Crippen LogP contribution >= 0.6 is 11.3 Å². The average molecular weight is 342 g/mol. The molecule has 0 saturated heterocycles. The minimum absolute atomic E-state index is 0.116. The summed E-state index contributed by atoms with van der Waals surface area (Å²) < 4.78 is 57.4. The second kappa shape index (κ2) is 5.69. The number of anilines is 2. The smallest absolute Gasteiger partial charge is 0.419 e. The molecule has 0 saturated carbocycles. The van der Waals surface area contributed by atoms with Crippen LogP contribution in [0.25, 0.3) is 10.2 Å². The van der Waals surface area contributed by atoms with E-state index < -0.39 is 17.6 Å². The van der Waals surface area contributed by atoms with E-state index in [2.05, 4.69) is 10.3 Å². The molecule has 1 heterocycles. The number of halogens is 4. The van der Waals surface area contributed by atoms with E-state index in [9.17, 15) is 17.6 Å². The van der Waals surface area contributed by atoms with Gasteiger partial charge in [-0.2, -0.15) is 13.2 Å². The fourth-order valence-electron chi connectivity index (χ4n) is 2.03. The number of hydrogen-bond acceptors (Lipinski definition) is 4. The first kappa shape index (κ1) is 15.5. The number of thiazole rings is 1. The van der Waals surface area contributed by atoms with Crippen molar-refractivity contribution >= 4 is 32.4 Å². The largest absolute Gasteiger partial charge is 0.497 e. The normalized spacial score (nSPS) is 11.7. The first-order valence-electron chi connectivity index (χ1n) is 6.45. The van der Waals surface area contributed by atoms with Crippen molar-refractivity contribution < 1.29 is 22.3 Å². The van der Waals surface area contributed by atoms with Gasteiger partial charge in [-0.1, -0.05) is 11.3 Å². The first-order valence-corrected chi connectivity index (χ1v) is 7.27. The number of nitrogens with zero attached hydrogens (tertiary/aromatic N) is 1. The molecule has 0 aliphatic rings. The number of rotatable bonds is 3. The molecule has 23 heavy (non-hydrogen) atoms. The van der Waals surface area contributed by atoms with Gasteiger partial charge < -0.3 is 10.1 Å². The maximum atomic E-state index is 13.3. The molecule has 3 nitrogen and oxygen atoms in total. The van der Waals surface area contributed by atoms with Gasteiger partial charge >= 0.3 is 6.18 Å². The van der Waals surface area contributed by atoms with Crippen LogP contribution in [0.4, 0.5) is 28.4 Å². The predicted molar refractivity (Wildman–Crippen MR) is 80.9 cm³/mol. The van der Waals surface area contributed by atoms with E-state index in [1.807, 2.05) is 0 Å². The van der Waals surface area contributed by atoms with E-state index >= 15 is 0 Å². The Morgan fingerprint density at radius 2 is 1.91 bits per heavy atom. The lowest BCUT2D eigenvalue weighted by Crippen LogP contribution is -2.08. The molecular weight excluding hydrogens is 332 g/mol. The van der Waals surface area contributed by atoms with Crippen LogP contribution in [-0.2, 0) is 6.18 Å². The van der Waals surface area contributed by atoms with E-state index in [-0.39, 0.29) is 5.69 Å². The molecule has 3 aromatic rings. The SMILES string of the molecule is COc1ccc2nc(Nc3ccc(F)c(C(F)(F)F)c3)sc2c1. The Morgan fingerprint density at radius 1 is 1.13 bits per heavy atom. The van der Waals surface area contributed by atoms with Gasteiger partial charge in [0.1, 0.15) is 11.6 Å². The van der Waals surface area contributed by atoms with Gasteiger partial charge in [0.2, 0.25) is 0 Å². The number of nitrogens with one attached hydrogen (secondary N) is 1. The summed E-state index contributed by atoms with van der Waals surface area (Å²) in [5.74, 6) is -0.647. The molecular formula is C15H10F4N2OS. The fourth-order valence-corrected chi connectivity index (χ4v) is 2.94. The molecule has 1 aromatic heterocycles. The zero-order valence-corrected chi connectivity index (χ0v) is 12.6. The highest BCUT2D eigenvalue weighted by molar-refractivity contribution is 7.22. The monoisotopic (exact) mass is 342 g/mol. The van der Waals surface area contributed by atoms with Crippen molar-refractivity contribution in [3.05, 3.63) is 47.8 Å². The number of methoxy groups -OCH3 is 1. The van der Waals surface area contributed by atoms with Crippen molar-refractivity contribution in [1.29, 1.82) is 0 Å². The number of benzene rings is 2. The highest BCUT2D eigenvalue weighted by atomic mass is 32.1. The molecule has 0 amide bonds. The fraction of sp³-hybridized carbons (Fsp3) is 0.133. The number of fused-ring (bicyclic) bond motifs is 1. The maximum absolute atomic E-state index is 13.3. The van der Waals surface area contributed by atoms with E-state index in [1.54, 1.807) is 25.3 Å². The van der Waals surface area contributed by atoms with E-state index in [4.69, 9.17) is 4.74 Å². The highest BCUT2D eigenvalue weighted by Gasteiger charge is 2.34. The summed E-state index contributed by atoms with van der Waals surface area (Å²) in [5.41, 5.74) is -0.508.